The summed E-state index contributed by atoms with van der Waals surface area (Å²) in [5.74, 6) is 1.26. The monoisotopic (exact) mass is 259 g/mol. The fourth-order valence-corrected chi connectivity index (χ4v) is 4.20. The molecule has 2 unspecified atom stereocenters. The SMILES string of the molecule is CCC1CCC(C2(O)CC(N)c3ccccc32)CC1. The molecule has 0 bridgehead atoms. The Kier molecular flexibility index (Phi) is 3.40. The molecule has 2 atom stereocenters. The first kappa shape index (κ1) is 13.1. The highest BCUT2D eigenvalue weighted by atomic mass is 16.3. The molecule has 0 saturated heterocycles. The Morgan fingerprint density at radius 1 is 1.21 bits per heavy atom. The minimum absolute atomic E-state index is 0.00472. The van der Waals surface area contributed by atoms with E-state index in [9.17, 15) is 5.11 Å². The van der Waals surface area contributed by atoms with Crippen LogP contribution in [0.25, 0.3) is 0 Å². The van der Waals surface area contributed by atoms with Gasteiger partial charge in [-0.05, 0) is 42.2 Å². The first-order valence-corrected chi connectivity index (χ1v) is 7.72. The quantitative estimate of drug-likeness (QED) is 0.854. The zero-order valence-electron chi connectivity index (χ0n) is 11.8. The van der Waals surface area contributed by atoms with Gasteiger partial charge in [0, 0.05) is 6.04 Å². The van der Waals surface area contributed by atoms with E-state index in [1.807, 2.05) is 12.1 Å². The molecule has 1 fully saturated rings. The maximum atomic E-state index is 11.2. The summed E-state index contributed by atoms with van der Waals surface area (Å²) in [6.07, 6.45) is 6.81. The van der Waals surface area contributed by atoms with Crippen molar-refractivity contribution in [3.05, 3.63) is 35.4 Å². The zero-order chi connectivity index (χ0) is 13.5. The van der Waals surface area contributed by atoms with Gasteiger partial charge < -0.3 is 10.8 Å². The predicted molar refractivity (Wildman–Crippen MR) is 77.6 cm³/mol. The molecule has 0 radical (unpaired) electrons. The van der Waals surface area contributed by atoms with Crippen LogP contribution in [0.2, 0.25) is 0 Å². The van der Waals surface area contributed by atoms with E-state index in [4.69, 9.17) is 5.73 Å². The van der Waals surface area contributed by atoms with Crippen LogP contribution in [0.3, 0.4) is 0 Å². The number of nitrogens with two attached hydrogens (primary N) is 1. The van der Waals surface area contributed by atoms with Crippen molar-refractivity contribution in [2.75, 3.05) is 0 Å². The van der Waals surface area contributed by atoms with Crippen molar-refractivity contribution < 1.29 is 5.11 Å². The summed E-state index contributed by atoms with van der Waals surface area (Å²) >= 11 is 0. The topological polar surface area (TPSA) is 46.2 Å². The molecule has 0 aromatic heterocycles. The Labute approximate surface area is 116 Å². The van der Waals surface area contributed by atoms with Crippen molar-refractivity contribution >= 4 is 0 Å². The third-order valence-corrected chi connectivity index (χ3v) is 5.46. The number of hydrogen-bond acceptors (Lipinski definition) is 2. The van der Waals surface area contributed by atoms with Gasteiger partial charge in [0.05, 0.1) is 5.60 Å². The lowest BCUT2D eigenvalue weighted by molar-refractivity contribution is -0.0458. The molecule has 3 N–H and O–H groups in total. The molecular weight excluding hydrogens is 234 g/mol. The van der Waals surface area contributed by atoms with E-state index in [-0.39, 0.29) is 6.04 Å². The Balaban J connectivity index is 1.85. The molecule has 0 spiro atoms. The fraction of sp³-hybridized carbons (Fsp3) is 0.647. The molecule has 1 aromatic carbocycles. The summed E-state index contributed by atoms with van der Waals surface area (Å²) in [7, 11) is 0. The van der Waals surface area contributed by atoms with Crippen molar-refractivity contribution in [3.8, 4) is 0 Å². The minimum Gasteiger partial charge on any atom is -0.385 e. The van der Waals surface area contributed by atoms with Gasteiger partial charge in [0.2, 0.25) is 0 Å². The molecule has 2 nitrogen and oxygen atoms in total. The standard InChI is InChI=1S/C17H25NO/c1-2-12-7-9-13(10-8-12)17(19)11-16(18)14-5-3-4-6-15(14)17/h3-6,12-13,16,19H,2,7-11,18H2,1H3. The van der Waals surface area contributed by atoms with Crippen LogP contribution < -0.4 is 5.73 Å². The molecule has 2 aliphatic rings. The van der Waals surface area contributed by atoms with Crippen molar-refractivity contribution in [2.24, 2.45) is 17.6 Å². The molecular formula is C17H25NO. The van der Waals surface area contributed by atoms with E-state index in [1.165, 1.54) is 19.3 Å². The maximum Gasteiger partial charge on any atom is 0.0945 e. The van der Waals surface area contributed by atoms with E-state index in [0.717, 1.165) is 29.9 Å². The van der Waals surface area contributed by atoms with E-state index in [1.54, 1.807) is 0 Å². The van der Waals surface area contributed by atoms with Crippen LogP contribution in [0.1, 0.15) is 62.6 Å². The molecule has 0 amide bonds. The fourth-order valence-electron chi connectivity index (χ4n) is 4.20. The second-order valence-corrected chi connectivity index (χ2v) is 6.45. The molecule has 1 saturated carbocycles. The van der Waals surface area contributed by atoms with Gasteiger partial charge in [-0.2, -0.15) is 0 Å². The number of hydrogen-bond donors (Lipinski definition) is 2. The van der Waals surface area contributed by atoms with E-state index >= 15 is 0 Å². The average Bonchev–Trinajstić information content (AvgIpc) is 2.72. The number of fused-ring (bicyclic) bond motifs is 1. The summed E-state index contributed by atoms with van der Waals surface area (Å²) in [6, 6.07) is 8.21. The molecule has 1 aromatic rings. The first-order valence-electron chi connectivity index (χ1n) is 7.72. The van der Waals surface area contributed by atoms with Crippen LogP contribution in [-0.2, 0) is 5.60 Å². The molecule has 0 heterocycles. The maximum absolute atomic E-state index is 11.2. The summed E-state index contributed by atoms with van der Waals surface area (Å²) < 4.78 is 0. The predicted octanol–water partition coefficient (Wildman–Crippen LogP) is 3.49. The Morgan fingerprint density at radius 2 is 1.89 bits per heavy atom. The van der Waals surface area contributed by atoms with Gasteiger partial charge in [-0.3, -0.25) is 0 Å². The Bertz CT molecular complexity index is 450. The molecule has 3 rings (SSSR count). The lowest BCUT2D eigenvalue weighted by Gasteiger charge is -2.38. The van der Waals surface area contributed by atoms with E-state index in [2.05, 4.69) is 19.1 Å². The van der Waals surface area contributed by atoms with Gasteiger partial charge in [-0.25, -0.2) is 0 Å². The van der Waals surface area contributed by atoms with Crippen LogP contribution >= 0.6 is 0 Å². The van der Waals surface area contributed by atoms with Gasteiger partial charge >= 0.3 is 0 Å². The molecule has 2 aliphatic carbocycles. The largest absolute Gasteiger partial charge is 0.385 e. The normalized spacial score (nSPS) is 38.2. The second kappa shape index (κ2) is 4.92. The number of benzene rings is 1. The minimum atomic E-state index is -0.672. The third kappa shape index (κ3) is 2.11. The lowest BCUT2D eigenvalue weighted by Crippen LogP contribution is -2.36. The summed E-state index contributed by atoms with van der Waals surface area (Å²) in [5.41, 5.74) is 7.80. The smallest absolute Gasteiger partial charge is 0.0945 e. The van der Waals surface area contributed by atoms with Gasteiger partial charge in [-0.15, -0.1) is 0 Å². The summed E-state index contributed by atoms with van der Waals surface area (Å²) in [5, 5.41) is 11.2. The van der Waals surface area contributed by atoms with E-state index < -0.39 is 5.60 Å². The van der Waals surface area contributed by atoms with Crippen molar-refractivity contribution in [1.29, 1.82) is 0 Å². The highest BCUT2D eigenvalue weighted by Gasteiger charge is 2.47. The Hall–Kier alpha value is -0.860. The first-order chi connectivity index (χ1) is 9.15. The second-order valence-electron chi connectivity index (χ2n) is 6.45. The molecule has 2 heteroatoms. The zero-order valence-corrected chi connectivity index (χ0v) is 11.8. The van der Waals surface area contributed by atoms with E-state index in [0.29, 0.717) is 12.3 Å². The number of rotatable bonds is 2. The van der Waals surface area contributed by atoms with Crippen molar-refractivity contribution in [3.63, 3.8) is 0 Å². The molecule has 19 heavy (non-hydrogen) atoms. The van der Waals surface area contributed by atoms with Crippen LogP contribution in [0.15, 0.2) is 24.3 Å². The van der Waals surface area contributed by atoms with Crippen LogP contribution in [0, 0.1) is 11.8 Å². The van der Waals surface area contributed by atoms with Gasteiger partial charge in [0.25, 0.3) is 0 Å². The molecule has 0 aliphatic heterocycles. The van der Waals surface area contributed by atoms with Gasteiger partial charge in [-0.1, -0.05) is 50.5 Å². The van der Waals surface area contributed by atoms with Crippen molar-refractivity contribution in [2.45, 2.75) is 57.1 Å². The van der Waals surface area contributed by atoms with Gasteiger partial charge in [0.15, 0.2) is 0 Å². The average molecular weight is 259 g/mol. The van der Waals surface area contributed by atoms with Gasteiger partial charge in [0.1, 0.15) is 0 Å². The highest BCUT2D eigenvalue weighted by Crippen LogP contribution is 2.51. The lowest BCUT2D eigenvalue weighted by atomic mass is 9.71. The summed E-state index contributed by atoms with van der Waals surface area (Å²) in [4.78, 5) is 0. The molecule has 104 valence electrons. The Morgan fingerprint density at radius 3 is 2.58 bits per heavy atom. The van der Waals surface area contributed by atoms with Crippen LogP contribution in [0.4, 0.5) is 0 Å². The third-order valence-electron chi connectivity index (χ3n) is 5.46. The van der Waals surface area contributed by atoms with Crippen LogP contribution in [0.5, 0.6) is 0 Å². The highest BCUT2D eigenvalue weighted by molar-refractivity contribution is 5.40. The summed E-state index contributed by atoms with van der Waals surface area (Å²) in [6.45, 7) is 2.28. The van der Waals surface area contributed by atoms with Crippen LogP contribution in [-0.4, -0.2) is 5.11 Å². The van der Waals surface area contributed by atoms with Crippen molar-refractivity contribution in [1.82, 2.24) is 0 Å². The number of aliphatic hydroxyl groups is 1.